The molecule has 0 aliphatic heterocycles. The van der Waals surface area contributed by atoms with E-state index in [9.17, 15) is 13.2 Å². The van der Waals surface area contributed by atoms with Crippen LogP contribution < -0.4 is 10.0 Å². The fourth-order valence-electron chi connectivity index (χ4n) is 2.30. The number of carbonyl (C=O) groups is 1. The number of aryl methyl sites for hydroxylation is 2. The van der Waals surface area contributed by atoms with Crippen molar-refractivity contribution in [3.63, 3.8) is 0 Å². The maximum absolute atomic E-state index is 12.6. The van der Waals surface area contributed by atoms with Gasteiger partial charge in [0.1, 0.15) is 6.04 Å². The van der Waals surface area contributed by atoms with Crippen LogP contribution in [0.3, 0.4) is 0 Å². The summed E-state index contributed by atoms with van der Waals surface area (Å²) in [6.07, 6.45) is 0. The molecule has 2 N–H and O–H groups in total. The smallest absolute Gasteiger partial charge is 0.242 e. The highest BCUT2D eigenvalue weighted by Gasteiger charge is 2.28. The minimum atomic E-state index is -3.78. The highest BCUT2D eigenvalue weighted by molar-refractivity contribution is 7.89. The number of sulfonamides is 1. The van der Waals surface area contributed by atoms with Crippen LogP contribution in [0.4, 0.5) is 5.69 Å². The summed E-state index contributed by atoms with van der Waals surface area (Å²) in [5.41, 5.74) is 2.69. The monoisotopic (exact) mass is 360 g/mol. The molecule has 6 heteroatoms. The third-order valence-corrected chi connectivity index (χ3v) is 5.34. The van der Waals surface area contributed by atoms with Crippen LogP contribution in [0.15, 0.2) is 53.4 Å². The van der Waals surface area contributed by atoms with Crippen molar-refractivity contribution in [1.29, 1.82) is 0 Å². The number of carbonyl (C=O) groups excluding carboxylic acids is 1. The average Bonchev–Trinajstić information content (AvgIpc) is 2.55. The first-order valence-electron chi connectivity index (χ1n) is 8.15. The van der Waals surface area contributed by atoms with Crippen molar-refractivity contribution in [3.05, 3.63) is 59.7 Å². The highest BCUT2D eigenvalue weighted by Crippen LogP contribution is 2.15. The van der Waals surface area contributed by atoms with E-state index in [4.69, 9.17) is 0 Å². The molecule has 0 aliphatic rings. The van der Waals surface area contributed by atoms with Crippen LogP contribution in [0.5, 0.6) is 0 Å². The lowest BCUT2D eigenvalue weighted by Crippen LogP contribution is -2.47. The summed E-state index contributed by atoms with van der Waals surface area (Å²) in [4.78, 5) is 12.7. The minimum Gasteiger partial charge on any atom is -0.325 e. The molecule has 134 valence electrons. The first-order chi connectivity index (χ1) is 11.7. The molecule has 0 saturated heterocycles. The summed E-state index contributed by atoms with van der Waals surface area (Å²) in [6, 6.07) is 13.0. The van der Waals surface area contributed by atoms with Gasteiger partial charge in [-0.15, -0.1) is 0 Å². The van der Waals surface area contributed by atoms with E-state index < -0.39 is 16.1 Å². The number of nitrogens with one attached hydrogen (secondary N) is 2. The van der Waals surface area contributed by atoms with Gasteiger partial charge >= 0.3 is 0 Å². The molecule has 25 heavy (non-hydrogen) atoms. The van der Waals surface area contributed by atoms with Crippen LogP contribution in [-0.2, 0) is 14.8 Å². The van der Waals surface area contributed by atoms with Crippen LogP contribution in [0.2, 0.25) is 0 Å². The minimum absolute atomic E-state index is 0.145. The van der Waals surface area contributed by atoms with Gasteiger partial charge in [-0.05, 0) is 44.0 Å². The Morgan fingerprint density at radius 2 is 1.36 bits per heavy atom. The molecule has 1 atom stereocenters. The summed E-state index contributed by atoms with van der Waals surface area (Å²) < 4.78 is 27.7. The Morgan fingerprint density at radius 3 is 1.84 bits per heavy atom. The second-order valence-electron chi connectivity index (χ2n) is 6.51. The lowest BCUT2D eigenvalue weighted by Gasteiger charge is -2.21. The average molecular weight is 360 g/mol. The fraction of sp³-hybridized carbons (Fsp3) is 0.316. The number of hydrogen-bond donors (Lipinski definition) is 2. The molecule has 2 rings (SSSR count). The molecule has 5 nitrogen and oxygen atoms in total. The van der Waals surface area contributed by atoms with Crippen LogP contribution in [0.25, 0.3) is 0 Å². The molecule has 2 aromatic rings. The zero-order valence-corrected chi connectivity index (χ0v) is 15.7. The molecule has 0 bridgehead atoms. The van der Waals surface area contributed by atoms with Gasteiger partial charge in [-0.3, -0.25) is 4.79 Å². The third-order valence-electron chi connectivity index (χ3n) is 3.88. The van der Waals surface area contributed by atoms with Gasteiger partial charge in [-0.1, -0.05) is 49.2 Å². The van der Waals surface area contributed by atoms with Gasteiger partial charge in [0.15, 0.2) is 0 Å². The van der Waals surface area contributed by atoms with Gasteiger partial charge in [-0.25, -0.2) is 8.42 Å². The first kappa shape index (κ1) is 19.1. The number of amides is 1. The van der Waals surface area contributed by atoms with Gasteiger partial charge in [0.25, 0.3) is 0 Å². The van der Waals surface area contributed by atoms with E-state index in [1.807, 2.05) is 26.0 Å². The molecule has 0 heterocycles. The van der Waals surface area contributed by atoms with Crippen molar-refractivity contribution >= 4 is 21.6 Å². The summed E-state index contributed by atoms with van der Waals surface area (Å²) >= 11 is 0. The Hall–Kier alpha value is -2.18. The topological polar surface area (TPSA) is 75.3 Å². The van der Waals surface area contributed by atoms with Crippen molar-refractivity contribution in [2.75, 3.05) is 5.32 Å². The number of hydrogen-bond acceptors (Lipinski definition) is 3. The normalized spacial score (nSPS) is 12.8. The van der Waals surface area contributed by atoms with Crippen LogP contribution in [0.1, 0.15) is 25.0 Å². The predicted molar refractivity (Wildman–Crippen MR) is 99.9 cm³/mol. The largest absolute Gasteiger partial charge is 0.325 e. The molecular weight excluding hydrogens is 336 g/mol. The van der Waals surface area contributed by atoms with Crippen LogP contribution in [-0.4, -0.2) is 20.4 Å². The van der Waals surface area contributed by atoms with E-state index in [1.54, 1.807) is 38.1 Å². The summed E-state index contributed by atoms with van der Waals surface area (Å²) in [5, 5.41) is 2.77. The zero-order chi connectivity index (χ0) is 18.6. The van der Waals surface area contributed by atoms with E-state index in [0.717, 1.165) is 11.1 Å². The van der Waals surface area contributed by atoms with Crippen LogP contribution >= 0.6 is 0 Å². The molecule has 0 radical (unpaired) electrons. The summed E-state index contributed by atoms with van der Waals surface area (Å²) in [7, 11) is -3.78. The van der Waals surface area contributed by atoms with Gasteiger partial charge in [-0.2, -0.15) is 4.72 Å². The fourth-order valence-corrected chi connectivity index (χ4v) is 3.65. The van der Waals surface area contributed by atoms with Crippen molar-refractivity contribution < 1.29 is 13.2 Å². The van der Waals surface area contributed by atoms with E-state index in [1.165, 1.54) is 12.1 Å². The van der Waals surface area contributed by atoms with Crippen molar-refractivity contribution in [1.82, 2.24) is 4.72 Å². The van der Waals surface area contributed by atoms with Gasteiger partial charge in [0.2, 0.25) is 15.9 Å². The Labute approximate surface area is 149 Å². The molecule has 0 spiro atoms. The quantitative estimate of drug-likeness (QED) is 0.830. The zero-order valence-electron chi connectivity index (χ0n) is 14.9. The lowest BCUT2D eigenvalue weighted by molar-refractivity contribution is -0.118. The van der Waals surface area contributed by atoms with E-state index in [2.05, 4.69) is 10.0 Å². The van der Waals surface area contributed by atoms with Crippen molar-refractivity contribution in [2.45, 2.75) is 38.6 Å². The maximum Gasteiger partial charge on any atom is 0.242 e. The van der Waals surface area contributed by atoms with Gasteiger partial charge in [0.05, 0.1) is 4.90 Å². The summed E-state index contributed by atoms with van der Waals surface area (Å²) in [6.45, 7) is 7.45. The SMILES string of the molecule is Cc1ccc(NC(=O)[C@@H](NS(=O)(=O)c2ccc(C)cc2)C(C)C)cc1. The van der Waals surface area contributed by atoms with Gasteiger partial charge in [0, 0.05) is 5.69 Å². The molecule has 0 aromatic heterocycles. The number of benzene rings is 2. The molecular formula is C19H24N2O3S. The maximum atomic E-state index is 12.6. The van der Waals surface area contributed by atoms with Gasteiger partial charge < -0.3 is 5.32 Å². The highest BCUT2D eigenvalue weighted by atomic mass is 32.2. The molecule has 0 saturated carbocycles. The Balaban J connectivity index is 2.18. The van der Waals surface area contributed by atoms with Crippen molar-refractivity contribution in [2.24, 2.45) is 5.92 Å². The predicted octanol–water partition coefficient (Wildman–Crippen LogP) is 3.25. The molecule has 0 fully saturated rings. The Morgan fingerprint density at radius 1 is 0.880 bits per heavy atom. The first-order valence-corrected chi connectivity index (χ1v) is 9.64. The van der Waals surface area contributed by atoms with E-state index >= 15 is 0 Å². The molecule has 0 aliphatic carbocycles. The Kier molecular flexibility index (Phi) is 5.98. The second kappa shape index (κ2) is 7.80. The Bertz CT molecular complexity index is 826. The summed E-state index contributed by atoms with van der Waals surface area (Å²) in [5.74, 6) is -0.583. The number of anilines is 1. The molecule has 2 aromatic carbocycles. The molecule has 1 amide bonds. The van der Waals surface area contributed by atoms with E-state index in [0.29, 0.717) is 5.69 Å². The number of rotatable bonds is 6. The third kappa shape index (κ3) is 5.14. The second-order valence-corrected chi connectivity index (χ2v) is 8.23. The van der Waals surface area contributed by atoms with Crippen molar-refractivity contribution in [3.8, 4) is 0 Å². The van der Waals surface area contributed by atoms with E-state index in [-0.39, 0.29) is 16.7 Å². The standard InChI is InChI=1S/C19H24N2O3S/c1-13(2)18(19(22)20-16-9-5-14(3)6-10-16)21-25(23,24)17-11-7-15(4)8-12-17/h5-13,18,21H,1-4H3,(H,20,22)/t18-/m0/s1. The lowest BCUT2D eigenvalue weighted by atomic mass is 10.0. The molecule has 0 unspecified atom stereocenters. The van der Waals surface area contributed by atoms with Crippen LogP contribution in [0, 0.1) is 19.8 Å².